The normalized spacial score (nSPS) is 20.1. The summed E-state index contributed by atoms with van der Waals surface area (Å²) < 4.78 is 1.42. The lowest BCUT2D eigenvalue weighted by Gasteiger charge is -2.23. The molecular formula is C11H15N3O2. The third-order valence-corrected chi connectivity index (χ3v) is 2.95. The van der Waals surface area contributed by atoms with Gasteiger partial charge in [-0.25, -0.2) is 4.68 Å². The molecule has 1 aromatic rings. The van der Waals surface area contributed by atoms with Gasteiger partial charge in [0.15, 0.2) is 0 Å². The fourth-order valence-electron chi connectivity index (χ4n) is 2.16. The van der Waals surface area contributed by atoms with E-state index in [0.717, 1.165) is 19.4 Å². The van der Waals surface area contributed by atoms with E-state index in [4.69, 9.17) is 0 Å². The molecule has 1 aliphatic rings. The van der Waals surface area contributed by atoms with Crippen molar-refractivity contribution in [1.82, 2.24) is 14.7 Å². The van der Waals surface area contributed by atoms with Crippen LogP contribution < -0.4 is 5.56 Å². The summed E-state index contributed by atoms with van der Waals surface area (Å²) in [5.74, 6) is 0.0754. The van der Waals surface area contributed by atoms with Crippen LogP contribution in [0.2, 0.25) is 0 Å². The number of nitrogens with zero attached hydrogens (tertiary/aromatic N) is 3. The Hall–Kier alpha value is -1.65. The van der Waals surface area contributed by atoms with Crippen LogP contribution >= 0.6 is 0 Å². The molecule has 1 saturated heterocycles. The van der Waals surface area contributed by atoms with Gasteiger partial charge in [-0.05, 0) is 18.9 Å². The molecule has 2 rings (SSSR count). The van der Waals surface area contributed by atoms with Crippen molar-refractivity contribution in [3.05, 3.63) is 28.7 Å². The van der Waals surface area contributed by atoms with Gasteiger partial charge in [0.1, 0.15) is 0 Å². The van der Waals surface area contributed by atoms with Crippen LogP contribution in [-0.2, 0) is 11.3 Å². The summed E-state index contributed by atoms with van der Waals surface area (Å²) >= 11 is 0. The molecule has 0 N–H and O–H groups in total. The lowest BCUT2D eigenvalue weighted by Crippen LogP contribution is -2.39. The SMILES string of the molecule is CC(=O)N1CCCC1Cn1ncccc1=O. The Kier molecular flexibility index (Phi) is 3.03. The molecule has 16 heavy (non-hydrogen) atoms. The number of carbonyl (C=O) groups excluding carboxylic acids is 1. The van der Waals surface area contributed by atoms with Crippen molar-refractivity contribution in [3.8, 4) is 0 Å². The number of carbonyl (C=O) groups is 1. The summed E-state index contributed by atoms with van der Waals surface area (Å²) in [4.78, 5) is 24.7. The smallest absolute Gasteiger partial charge is 0.266 e. The van der Waals surface area contributed by atoms with E-state index in [1.54, 1.807) is 19.2 Å². The molecule has 1 amide bonds. The molecule has 5 nitrogen and oxygen atoms in total. The minimum Gasteiger partial charge on any atom is -0.338 e. The summed E-state index contributed by atoms with van der Waals surface area (Å²) in [5.41, 5.74) is -0.113. The second kappa shape index (κ2) is 4.47. The van der Waals surface area contributed by atoms with Crippen molar-refractivity contribution >= 4 is 5.91 Å². The van der Waals surface area contributed by atoms with Crippen molar-refractivity contribution in [2.45, 2.75) is 32.4 Å². The van der Waals surface area contributed by atoms with E-state index in [1.165, 1.54) is 10.7 Å². The molecule has 1 aliphatic heterocycles. The number of hydrogen-bond donors (Lipinski definition) is 0. The van der Waals surface area contributed by atoms with Gasteiger partial charge in [0.25, 0.3) is 5.56 Å². The Morgan fingerprint density at radius 2 is 2.44 bits per heavy atom. The Morgan fingerprint density at radius 1 is 1.62 bits per heavy atom. The summed E-state index contributed by atoms with van der Waals surface area (Å²) in [6.45, 7) is 2.86. The number of likely N-dealkylation sites (tertiary alicyclic amines) is 1. The van der Waals surface area contributed by atoms with E-state index < -0.39 is 0 Å². The first-order valence-corrected chi connectivity index (χ1v) is 5.48. The van der Waals surface area contributed by atoms with E-state index in [-0.39, 0.29) is 17.5 Å². The first-order chi connectivity index (χ1) is 7.68. The zero-order chi connectivity index (χ0) is 11.5. The summed E-state index contributed by atoms with van der Waals surface area (Å²) in [6, 6.07) is 3.22. The molecule has 0 spiro atoms. The van der Waals surface area contributed by atoms with Crippen LogP contribution in [0.5, 0.6) is 0 Å². The molecule has 0 aromatic carbocycles. The van der Waals surface area contributed by atoms with Gasteiger partial charge in [-0.2, -0.15) is 5.10 Å². The van der Waals surface area contributed by atoms with E-state index in [0.29, 0.717) is 6.54 Å². The first-order valence-electron chi connectivity index (χ1n) is 5.48. The van der Waals surface area contributed by atoms with Gasteiger partial charge in [0.2, 0.25) is 5.91 Å². The van der Waals surface area contributed by atoms with Gasteiger partial charge in [0.05, 0.1) is 12.6 Å². The molecule has 86 valence electrons. The molecule has 2 heterocycles. The van der Waals surface area contributed by atoms with Crippen molar-refractivity contribution in [1.29, 1.82) is 0 Å². The van der Waals surface area contributed by atoms with Crippen LogP contribution in [0.1, 0.15) is 19.8 Å². The molecule has 0 saturated carbocycles. The second-order valence-corrected chi connectivity index (χ2v) is 4.05. The number of rotatable bonds is 2. The van der Waals surface area contributed by atoms with E-state index >= 15 is 0 Å². The summed E-state index contributed by atoms with van der Waals surface area (Å²) in [5, 5.41) is 4.00. The highest BCUT2D eigenvalue weighted by molar-refractivity contribution is 5.73. The Bertz CT molecular complexity index is 441. The second-order valence-electron chi connectivity index (χ2n) is 4.05. The maximum atomic E-state index is 11.5. The van der Waals surface area contributed by atoms with Crippen LogP contribution in [0.4, 0.5) is 0 Å². The Balaban J connectivity index is 2.13. The van der Waals surface area contributed by atoms with Crippen LogP contribution in [0.15, 0.2) is 23.1 Å². The van der Waals surface area contributed by atoms with Crippen LogP contribution in [-0.4, -0.2) is 33.2 Å². The van der Waals surface area contributed by atoms with Crippen LogP contribution in [0.25, 0.3) is 0 Å². The molecular weight excluding hydrogens is 206 g/mol. The zero-order valence-corrected chi connectivity index (χ0v) is 9.30. The van der Waals surface area contributed by atoms with Gasteiger partial charge in [-0.15, -0.1) is 0 Å². The molecule has 1 atom stereocenters. The third-order valence-electron chi connectivity index (χ3n) is 2.95. The fraction of sp³-hybridized carbons (Fsp3) is 0.545. The highest BCUT2D eigenvalue weighted by Crippen LogP contribution is 2.17. The molecule has 5 heteroatoms. The minimum absolute atomic E-state index is 0.0754. The van der Waals surface area contributed by atoms with E-state index in [1.807, 2.05) is 4.90 Å². The fourth-order valence-corrected chi connectivity index (χ4v) is 2.16. The third kappa shape index (κ3) is 2.13. The quantitative estimate of drug-likeness (QED) is 0.719. The first kappa shape index (κ1) is 10.9. The van der Waals surface area contributed by atoms with Crippen LogP contribution in [0, 0.1) is 0 Å². The topological polar surface area (TPSA) is 55.2 Å². The lowest BCUT2D eigenvalue weighted by molar-refractivity contribution is -0.129. The van der Waals surface area contributed by atoms with Gasteiger partial charge < -0.3 is 4.90 Å². The average Bonchev–Trinajstić information content (AvgIpc) is 2.69. The summed E-state index contributed by atoms with van der Waals surface area (Å²) in [6.07, 6.45) is 3.54. The molecule has 0 bridgehead atoms. The molecule has 1 fully saturated rings. The van der Waals surface area contributed by atoms with Crippen molar-refractivity contribution in [2.75, 3.05) is 6.54 Å². The Morgan fingerprint density at radius 3 is 3.12 bits per heavy atom. The monoisotopic (exact) mass is 221 g/mol. The lowest BCUT2D eigenvalue weighted by atomic mass is 10.2. The van der Waals surface area contributed by atoms with Gasteiger partial charge in [-0.1, -0.05) is 0 Å². The van der Waals surface area contributed by atoms with Crippen molar-refractivity contribution in [3.63, 3.8) is 0 Å². The average molecular weight is 221 g/mol. The standard InChI is InChI=1S/C11H15N3O2/c1-9(15)13-7-3-4-10(13)8-14-11(16)5-2-6-12-14/h2,5-6,10H,3-4,7-8H2,1H3. The van der Waals surface area contributed by atoms with E-state index in [9.17, 15) is 9.59 Å². The van der Waals surface area contributed by atoms with E-state index in [2.05, 4.69) is 5.10 Å². The number of aromatic nitrogens is 2. The molecule has 0 radical (unpaired) electrons. The highest BCUT2D eigenvalue weighted by atomic mass is 16.2. The number of amides is 1. The van der Waals surface area contributed by atoms with Gasteiger partial charge in [0, 0.05) is 25.7 Å². The maximum Gasteiger partial charge on any atom is 0.266 e. The summed E-state index contributed by atoms with van der Waals surface area (Å²) in [7, 11) is 0. The molecule has 1 aromatic heterocycles. The predicted octanol–water partition coefficient (Wildman–Crippen LogP) is 0.254. The molecule has 1 unspecified atom stereocenters. The van der Waals surface area contributed by atoms with Crippen molar-refractivity contribution < 1.29 is 4.79 Å². The minimum atomic E-state index is -0.113. The van der Waals surface area contributed by atoms with Crippen molar-refractivity contribution in [2.24, 2.45) is 0 Å². The van der Waals surface area contributed by atoms with Gasteiger partial charge in [-0.3, -0.25) is 9.59 Å². The highest BCUT2D eigenvalue weighted by Gasteiger charge is 2.26. The Labute approximate surface area is 93.7 Å². The number of hydrogen-bond acceptors (Lipinski definition) is 3. The predicted molar refractivity (Wildman–Crippen MR) is 58.9 cm³/mol. The van der Waals surface area contributed by atoms with Crippen LogP contribution in [0.3, 0.4) is 0 Å². The maximum absolute atomic E-state index is 11.5. The zero-order valence-electron chi connectivity index (χ0n) is 9.30. The largest absolute Gasteiger partial charge is 0.338 e. The molecule has 0 aliphatic carbocycles. The van der Waals surface area contributed by atoms with Gasteiger partial charge >= 0.3 is 0 Å².